The van der Waals surface area contributed by atoms with Gasteiger partial charge in [0.25, 0.3) is 0 Å². The van der Waals surface area contributed by atoms with Gasteiger partial charge in [-0.15, -0.1) is 0 Å². The average Bonchev–Trinajstić information content (AvgIpc) is 2.57. The van der Waals surface area contributed by atoms with Gasteiger partial charge >= 0.3 is 6.09 Å². The van der Waals surface area contributed by atoms with Crippen molar-refractivity contribution in [1.82, 2.24) is 15.0 Å². The Balaban J connectivity index is 2.25. The molecule has 5 N–H and O–H groups in total. The number of amides is 1. The fraction of sp³-hybridized carbons (Fsp3) is 0.533. The van der Waals surface area contributed by atoms with Crippen molar-refractivity contribution in [2.45, 2.75) is 30.1 Å². The third-order valence-corrected chi connectivity index (χ3v) is 8.81. The predicted molar refractivity (Wildman–Crippen MR) is 94.9 cm³/mol. The molecule has 0 saturated carbocycles. The molecule has 0 unspecified atom stereocenters. The molecule has 0 bridgehead atoms. The molecule has 2 aliphatic rings. The highest BCUT2D eigenvalue weighted by Gasteiger charge is 2.56. The number of nitrogens with two attached hydrogens (primary N) is 1. The second kappa shape index (κ2) is 6.23. The van der Waals surface area contributed by atoms with Gasteiger partial charge in [0.15, 0.2) is 0 Å². The second-order valence-electron chi connectivity index (χ2n) is 6.81. The molecule has 8 nitrogen and oxygen atoms in total. The largest absolute Gasteiger partial charge is 0.465 e. The van der Waals surface area contributed by atoms with E-state index in [0.717, 1.165) is 6.07 Å². The number of nitrogens with zero attached hydrogens (tertiary/aromatic N) is 2. The van der Waals surface area contributed by atoms with E-state index in [2.05, 4.69) is 20.0 Å². The van der Waals surface area contributed by atoms with Crippen LogP contribution in [-0.4, -0.2) is 49.9 Å². The van der Waals surface area contributed by atoms with Gasteiger partial charge < -0.3 is 10.8 Å². The van der Waals surface area contributed by atoms with Gasteiger partial charge in [0.2, 0.25) is 0 Å². The molecule has 1 amide bonds. The van der Waals surface area contributed by atoms with Crippen molar-refractivity contribution >= 4 is 27.9 Å². The van der Waals surface area contributed by atoms with E-state index in [-0.39, 0.29) is 23.1 Å². The van der Waals surface area contributed by atoms with Gasteiger partial charge in [0, 0.05) is 12.3 Å². The van der Waals surface area contributed by atoms with E-state index in [9.17, 15) is 17.8 Å². The van der Waals surface area contributed by atoms with Crippen molar-refractivity contribution in [1.29, 1.82) is 0 Å². The molecule has 1 saturated heterocycles. The monoisotopic (exact) mass is 389 g/mol. The number of hydrogen-bond acceptors (Lipinski definition) is 5. The zero-order chi connectivity index (χ0) is 19.2. The van der Waals surface area contributed by atoms with E-state index in [1.807, 2.05) is 0 Å². The van der Waals surface area contributed by atoms with Crippen LogP contribution in [0.15, 0.2) is 17.1 Å². The lowest BCUT2D eigenvalue weighted by Crippen LogP contribution is -2.68. The Morgan fingerprint density at radius 1 is 1.54 bits per heavy atom. The van der Waals surface area contributed by atoms with Crippen LogP contribution < -0.4 is 15.8 Å². The van der Waals surface area contributed by atoms with Gasteiger partial charge in [-0.25, -0.2) is 18.6 Å². The smallest absolute Gasteiger partial charge is 0.410 e. The Bertz CT molecular complexity index is 835. The molecular formula is C15H21F2N5O3S. The number of alkyl halides is 1. The van der Waals surface area contributed by atoms with Crippen molar-refractivity contribution in [2.75, 3.05) is 24.7 Å². The van der Waals surface area contributed by atoms with Crippen LogP contribution in [-0.2, 0) is 15.7 Å². The molecule has 0 aliphatic carbocycles. The standard InChI is InChI=1S/C15H21F2N5O3S/c1-14-5-2-6-19-26(14,25)8-15(7-16,22-12(14)21-13(23)24)11-9(17)3-4-10(18)20-11/h3-4,26H,2,5-8H2,1H3,(H2,18,20)(H,19,25)(H,21,22)(H,23,24)/t14-,15+/m1/s1. The van der Waals surface area contributed by atoms with Crippen LogP contribution in [0.1, 0.15) is 25.5 Å². The van der Waals surface area contributed by atoms with Crippen molar-refractivity contribution in [3.05, 3.63) is 23.6 Å². The minimum Gasteiger partial charge on any atom is -0.465 e. The number of rotatable bonds is 2. The molecule has 1 fully saturated rings. The number of halogens is 2. The molecule has 0 radical (unpaired) electrons. The highest BCUT2D eigenvalue weighted by atomic mass is 32.3. The van der Waals surface area contributed by atoms with Gasteiger partial charge in [0.05, 0.1) is 4.75 Å². The van der Waals surface area contributed by atoms with E-state index in [0.29, 0.717) is 19.4 Å². The number of carbonyl (C=O) groups is 1. The molecule has 0 aromatic carbocycles. The van der Waals surface area contributed by atoms with Crippen LogP contribution in [0.4, 0.5) is 19.4 Å². The number of aromatic nitrogens is 1. The number of nitrogens with one attached hydrogen (secondary N) is 2. The molecule has 26 heavy (non-hydrogen) atoms. The molecule has 2 aliphatic heterocycles. The lowest BCUT2D eigenvalue weighted by molar-refractivity contribution is 0.199. The number of nitrogen functional groups attached to an aromatic ring is 1. The number of aliphatic imine (C=N–C) groups is 1. The molecule has 144 valence electrons. The van der Waals surface area contributed by atoms with Crippen LogP contribution in [0.5, 0.6) is 0 Å². The minimum atomic E-state index is -3.37. The number of anilines is 1. The first-order valence-corrected chi connectivity index (χ1v) is 9.98. The summed E-state index contributed by atoms with van der Waals surface area (Å²) in [7, 11) is -3.37. The van der Waals surface area contributed by atoms with E-state index in [4.69, 9.17) is 10.8 Å². The van der Waals surface area contributed by atoms with Crippen LogP contribution >= 0.6 is 0 Å². The zero-order valence-corrected chi connectivity index (χ0v) is 15.0. The quantitative estimate of drug-likeness (QED) is 0.476. The number of carboxylic acid groups (broad SMARTS) is 1. The van der Waals surface area contributed by atoms with Crippen molar-refractivity contribution in [3.63, 3.8) is 0 Å². The number of fused-ring (bicyclic) bond motifs is 1. The summed E-state index contributed by atoms with van der Waals surface area (Å²) in [5, 5.41) is 11.3. The lowest BCUT2D eigenvalue weighted by Gasteiger charge is -2.52. The van der Waals surface area contributed by atoms with Gasteiger partial charge in [-0.05, 0) is 42.0 Å². The number of pyridine rings is 1. The third kappa shape index (κ3) is 2.75. The summed E-state index contributed by atoms with van der Waals surface area (Å²) >= 11 is 0. The van der Waals surface area contributed by atoms with E-state index in [1.165, 1.54) is 6.07 Å². The van der Waals surface area contributed by atoms with Gasteiger partial charge in [-0.1, -0.05) is 0 Å². The number of hydrogen-bond donors (Lipinski definition) is 5. The summed E-state index contributed by atoms with van der Waals surface area (Å²) in [5.74, 6) is -1.35. The fourth-order valence-corrected chi connectivity index (χ4v) is 6.95. The van der Waals surface area contributed by atoms with Crippen LogP contribution in [0.3, 0.4) is 0 Å². The molecule has 3 rings (SSSR count). The van der Waals surface area contributed by atoms with Crippen LogP contribution in [0.25, 0.3) is 0 Å². The molecule has 1 aromatic rings. The van der Waals surface area contributed by atoms with Gasteiger partial charge in [-0.3, -0.25) is 19.2 Å². The predicted octanol–water partition coefficient (Wildman–Crippen LogP) is 0.721. The highest BCUT2D eigenvalue weighted by Crippen LogP contribution is 2.44. The molecule has 0 spiro atoms. The highest BCUT2D eigenvalue weighted by molar-refractivity contribution is 8.03. The molecule has 1 aromatic heterocycles. The van der Waals surface area contributed by atoms with E-state index in [1.54, 1.807) is 6.92 Å². The minimum absolute atomic E-state index is 0.0413. The average molecular weight is 389 g/mol. The zero-order valence-electron chi connectivity index (χ0n) is 14.1. The van der Waals surface area contributed by atoms with Crippen molar-refractivity contribution in [2.24, 2.45) is 4.99 Å². The lowest BCUT2D eigenvalue weighted by atomic mass is 9.95. The normalized spacial score (nSPS) is 31.4. The molecular weight excluding hydrogens is 368 g/mol. The Labute approximate surface area is 149 Å². The summed E-state index contributed by atoms with van der Waals surface area (Å²) in [6, 6.07) is 2.26. The Morgan fingerprint density at radius 3 is 2.92 bits per heavy atom. The first-order valence-electron chi connectivity index (χ1n) is 8.09. The SMILES string of the molecule is C[C@]12CCCN[SH]1(=O)C[C@@](CF)(c1nc(N)ccc1F)N=C2NC(=O)O. The maximum absolute atomic E-state index is 14.4. The van der Waals surface area contributed by atoms with Gasteiger partial charge in [-0.2, -0.15) is 0 Å². The van der Waals surface area contributed by atoms with E-state index >= 15 is 0 Å². The van der Waals surface area contributed by atoms with Crippen molar-refractivity contribution in [3.8, 4) is 0 Å². The Kier molecular flexibility index (Phi) is 4.47. The second-order valence-corrected chi connectivity index (χ2v) is 9.90. The first kappa shape index (κ1) is 18.6. The Morgan fingerprint density at radius 2 is 2.27 bits per heavy atom. The Hall–Kier alpha value is -2.14. The fourth-order valence-electron chi connectivity index (χ4n) is 3.62. The molecule has 2 atom stereocenters. The topological polar surface area (TPSA) is 130 Å². The maximum Gasteiger partial charge on any atom is 0.410 e. The first-order chi connectivity index (χ1) is 12.2. The third-order valence-electron chi connectivity index (χ3n) is 5.08. The summed E-state index contributed by atoms with van der Waals surface area (Å²) in [5.41, 5.74) is 3.31. The molecule has 3 heterocycles. The molecule has 11 heteroatoms. The van der Waals surface area contributed by atoms with Crippen LogP contribution in [0, 0.1) is 5.82 Å². The summed E-state index contributed by atoms with van der Waals surface area (Å²) in [4.78, 5) is 19.3. The van der Waals surface area contributed by atoms with Crippen LogP contribution in [0.2, 0.25) is 0 Å². The van der Waals surface area contributed by atoms with Gasteiger partial charge in [0.1, 0.15) is 35.4 Å². The number of thiol groups is 1. The summed E-state index contributed by atoms with van der Waals surface area (Å²) < 4.78 is 44.2. The maximum atomic E-state index is 14.4. The summed E-state index contributed by atoms with van der Waals surface area (Å²) in [6.07, 6.45) is -0.363. The number of amidine groups is 1. The summed E-state index contributed by atoms with van der Waals surface area (Å²) in [6.45, 7) is 0.856. The van der Waals surface area contributed by atoms with E-state index < -0.39 is 39.0 Å². The van der Waals surface area contributed by atoms with Crippen molar-refractivity contribution < 1.29 is 22.9 Å².